The van der Waals surface area contributed by atoms with Gasteiger partial charge in [0.25, 0.3) is 5.91 Å². The largest absolute Gasteiger partial charge is 0.483 e. The molecule has 2 aliphatic rings. The normalized spacial score (nSPS) is 22.4. The molecule has 3 heterocycles. The summed E-state index contributed by atoms with van der Waals surface area (Å²) in [6, 6.07) is 7.30. The van der Waals surface area contributed by atoms with Crippen molar-refractivity contribution < 1.29 is 14.3 Å². The number of aryl methyl sites for hydroxylation is 1. The maximum atomic E-state index is 13.2. The van der Waals surface area contributed by atoms with Gasteiger partial charge in [0.1, 0.15) is 17.2 Å². The van der Waals surface area contributed by atoms with E-state index in [0.29, 0.717) is 37.5 Å². The van der Waals surface area contributed by atoms with Gasteiger partial charge in [-0.3, -0.25) is 9.59 Å². The summed E-state index contributed by atoms with van der Waals surface area (Å²) in [5, 5.41) is 2.99. The van der Waals surface area contributed by atoms with Crippen molar-refractivity contribution >= 4 is 11.8 Å². The number of ether oxygens (including phenoxy) is 1. The quantitative estimate of drug-likeness (QED) is 0.860. The van der Waals surface area contributed by atoms with Gasteiger partial charge in [-0.25, -0.2) is 4.98 Å². The van der Waals surface area contributed by atoms with Gasteiger partial charge in [-0.1, -0.05) is 26.0 Å². The lowest BCUT2D eigenvalue weighted by Gasteiger charge is -2.42. The Morgan fingerprint density at radius 2 is 2.21 bits per heavy atom. The summed E-state index contributed by atoms with van der Waals surface area (Å²) in [6.07, 6.45) is 6.21. The van der Waals surface area contributed by atoms with Crippen LogP contribution in [0.2, 0.25) is 0 Å². The van der Waals surface area contributed by atoms with E-state index in [1.54, 1.807) is 12.3 Å². The summed E-state index contributed by atoms with van der Waals surface area (Å²) in [5.74, 6) is 1.42. The number of imidazole rings is 1. The van der Waals surface area contributed by atoms with Gasteiger partial charge in [0.15, 0.2) is 0 Å². The van der Waals surface area contributed by atoms with E-state index < -0.39 is 5.60 Å². The van der Waals surface area contributed by atoms with Gasteiger partial charge in [0.2, 0.25) is 5.91 Å². The lowest BCUT2D eigenvalue weighted by molar-refractivity contribution is -0.141. The van der Waals surface area contributed by atoms with Crippen molar-refractivity contribution in [3.63, 3.8) is 0 Å². The summed E-state index contributed by atoms with van der Waals surface area (Å²) < 4.78 is 8.42. The van der Waals surface area contributed by atoms with Crippen LogP contribution in [0.4, 0.5) is 0 Å². The molecule has 0 radical (unpaired) electrons. The van der Waals surface area contributed by atoms with Crippen molar-refractivity contribution in [2.24, 2.45) is 5.92 Å². The number of fused-ring (bicyclic) bond motifs is 1. The second kappa shape index (κ2) is 7.89. The van der Waals surface area contributed by atoms with E-state index in [0.717, 1.165) is 25.1 Å². The number of para-hydroxylation sites is 1. The van der Waals surface area contributed by atoms with Crippen LogP contribution < -0.4 is 10.1 Å². The number of aromatic nitrogens is 2. The van der Waals surface area contributed by atoms with Gasteiger partial charge in [-0.15, -0.1) is 0 Å². The fourth-order valence-corrected chi connectivity index (χ4v) is 4.37. The smallest absolute Gasteiger partial charge is 0.255 e. The van der Waals surface area contributed by atoms with Gasteiger partial charge in [-0.05, 0) is 25.0 Å². The number of hydrogen-bond donors (Lipinski definition) is 1. The number of nitrogens with one attached hydrogen (secondary N) is 1. The van der Waals surface area contributed by atoms with Crippen molar-refractivity contribution in [3.05, 3.63) is 48.0 Å². The van der Waals surface area contributed by atoms with Crippen LogP contribution in [0.3, 0.4) is 0 Å². The van der Waals surface area contributed by atoms with E-state index in [1.165, 1.54) is 0 Å². The van der Waals surface area contributed by atoms with Gasteiger partial charge in [-0.2, -0.15) is 0 Å². The van der Waals surface area contributed by atoms with Crippen molar-refractivity contribution in [3.8, 4) is 5.75 Å². The minimum atomic E-state index is -0.584. The first-order valence-corrected chi connectivity index (χ1v) is 10.4. The molecule has 7 nitrogen and oxygen atoms in total. The summed E-state index contributed by atoms with van der Waals surface area (Å²) in [7, 11) is 0. The number of carbonyl (C=O) groups excluding carboxylic acids is 2. The van der Waals surface area contributed by atoms with E-state index in [4.69, 9.17) is 4.74 Å². The first-order valence-electron chi connectivity index (χ1n) is 10.4. The number of benzene rings is 1. The SMILES string of the molecule is CCc1nccn1CC(C)C(=O)N1CCCC2(CNC(=O)c3ccccc3O2)C1. The molecule has 1 aromatic carbocycles. The average molecular weight is 396 g/mol. The Bertz CT molecular complexity index is 909. The first kappa shape index (κ1) is 19.5. The standard InChI is InChI=1S/C22H28N4O3/c1-3-19-23-10-12-25(19)13-16(2)21(28)26-11-6-9-22(15-26)14-24-20(27)17-7-4-5-8-18(17)29-22/h4-5,7-8,10,12,16H,3,6,9,11,13-15H2,1-2H3,(H,24,27). The number of piperidine rings is 1. The molecule has 7 heteroatoms. The third-order valence-electron chi connectivity index (χ3n) is 5.89. The van der Waals surface area contributed by atoms with E-state index in [2.05, 4.69) is 21.8 Å². The molecule has 0 aliphatic carbocycles. The van der Waals surface area contributed by atoms with Crippen LogP contribution in [0, 0.1) is 5.92 Å². The molecule has 2 amide bonds. The molecule has 0 bridgehead atoms. The molecule has 1 N–H and O–H groups in total. The minimum absolute atomic E-state index is 0.118. The molecule has 0 saturated carbocycles. The summed E-state index contributed by atoms with van der Waals surface area (Å²) in [5.41, 5.74) is -0.0344. The third-order valence-corrected chi connectivity index (χ3v) is 5.89. The van der Waals surface area contributed by atoms with E-state index in [1.807, 2.05) is 36.2 Å². The molecular formula is C22H28N4O3. The molecule has 2 atom stereocenters. The monoisotopic (exact) mass is 396 g/mol. The van der Waals surface area contributed by atoms with Crippen LogP contribution in [-0.2, 0) is 17.8 Å². The van der Waals surface area contributed by atoms with Gasteiger partial charge in [0, 0.05) is 31.9 Å². The maximum Gasteiger partial charge on any atom is 0.255 e. The molecule has 29 heavy (non-hydrogen) atoms. The topological polar surface area (TPSA) is 76.5 Å². The highest BCUT2D eigenvalue weighted by molar-refractivity contribution is 5.97. The lowest BCUT2D eigenvalue weighted by Crippen LogP contribution is -2.58. The summed E-state index contributed by atoms with van der Waals surface area (Å²) in [6.45, 7) is 6.25. The van der Waals surface area contributed by atoms with Gasteiger partial charge >= 0.3 is 0 Å². The summed E-state index contributed by atoms with van der Waals surface area (Å²) in [4.78, 5) is 31.9. The fraction of sp³-hybridized carbons (Fsp3) is 0.500. The highest BCUT2D eigenvalue weighted by Gasteiger charge is 2.42. The maximum absolute atomic E-state index is 13.2. The van der Waals surface area contributed by atoms with Crippen LogP contribution in [-0.4, -0.2) is 51.5 Å². The Balaban J connectivity index is 1.49. The zero-order valence-corrected chi connectivity index (χ0v) is 17.1. The zero-order valence-electron chi connectivity index (χ0n) is 17.1. The number of likely N-dealkylation sites (tertiary alicyclic amines) is 1. The van der Waals surface area contributed by atoms with Crippen LogP contribution in [0.25, 0.3) is 0 Å². The highest BCUT2D eigenvalue weighted by Crippen LogP contribution is 2.32. The molecular weight excluding hydrogens is 368 g/mol. The zero-order chi connectivity index (χ0) is 20.4. The van der Waals surface area contributed by atoms with E-state index in [9.17, 15) is 9.59 Å². The molecule has 4 rings (SSSR count). The molecule has 1 saturated heterocycles. The Hall–Kier alpha value is -2.83. The number of amides is 2. The second-order valence-electron chi connectivity index (χ2n) is 8.08. The van der Waals surface area contributed by atoms with E-state index in [-0.39, 0.29) is 17.7 Å². The fourth-order valence-electron chi connectivity index (χ4n) is 4.37. The Labute approximate surface area is 171 Å². The van der Waals surface area contributed by atoms with Crippen LogP contribution in [0.1, 0.15) is 42.9 Å². The molecule has 2 aromatic rings. The van der Waals surface area contributed by atoms with Crippen molar-refractivity contribution in [1.82, 2.24) is 19.8 Å². The number of nitrogens with zero attached hydrogens (tertiary/aromatic N) is 3. The predicted octanol–water partition coefficient (Wildman–Crippen LogP) is 2.27. The second-order valence-corrected chi connectivity index (χ2v) is 8.08. The predicted molar refractivity (Wildman–Crippen MR) is 109 cm³/mol. The highest BCUT2D eigenvalue weighted by atomic mass is 16.5. The minimum Gasteiger partial charge on any atom is -0.483 e. The first-order chi connectivity index (χ1) is 14.0. The Morgan fingerprint density at radius 3 is 3.03 bits per heavy atom. The molecule has 154 valence electrons. The van der Waals surface area contributed by atoms with Crippen molar-refractivity contribution in [1.29, 1.82) is 0 Å². The lowest BCUT2D eigenvalue weighted by atomic mass is 9.91. The molecule has 1 spiro atoms. The molecule has 1 aromatic heterocycles. The van der Waals surface area contributed by atoms with Crippen LogP contribution in [0.5, 0.6) is 5.75 Å². The molecule has 2 unspecified atom stereocenters. The third kappa shape index (κ3) is 3.86. The van der Waals surface area contributed by atoms with Gasteiger partial charge in [0.05, 0.1) is 24.6 Å². The average Bonchev–Trinajstić information content (AvgIpc) is 3.14. The van der Waals surface area contributed by atoms with Crippen molar-refractivity contribution in [2.45, 2.75) is 45.3 Å². The number of rotatable bonds is 4. The van der Waals surface area contributed by atoms with Crippen LogP contribution >= 0.6 is 0 Å². The van der Waals surface area contributed by atoms with Crippen molar-refractivity contribution in [2.75, 3.05) is 19.6 Å². The van der Waals surface area contributed by atoms with E-state index >= 15 is 0 Å². The Kier molecular flexibility index (Phi) is 5.30. The number of carbonyl (C=O) groups is 2. The Morgan fingerprint density at radius 1 is 1.38 bits per heavy atom. The number of hydrogen-bond acceptors (Lipinski definition) is 4. The molecule has 1 fully saturated rings. The van der Waals surface area contributed by atoms with Crippen LogP contribution in [0.15, 0.2) is 36.7 Å². The summed E-state index contributed by atoms with van der Waals surface area (Å²) >= 11 is 0. The molecule has 2 aliphatic heterocycles. The van der Waals surface area contributed by atoms with Gasteiger partial charge < -0.3 is 19.5 Å².